The summed E-state index contributed by atoms with van der Waals surface area (Å²) >= 11 is 0. The van der Waals surface area contributed by atoms with Gasteiger partial charge in [-0.2, -0.15) is 5.12 Å². The highest BCUT2D eigenvalue weighted by molar-refractivity contribution is 5.81. The first-order valence-corrected chi connectivity index (χ1v) is 15.3. The lowest BCUT2D eigenvalue weighted by Crippen LogP contribution is -2.24. The van der Waals surface area contributed by atoms with Crippen LogP contribution in [0.15, 0.2) is 89.8 Å². The molecule has 47 heavy (non-hydrogen) atoms. The highest BCUT2D eigenvalue weighted by Crippen LogP contribution is 2.37. The number of nitrogens with zero attached hydrogens (tertiary/aromatic N) is 3. The average molecular weight is 644 g/mol. The summed E-state index contributed by atoms with van der Waals surface area (Å²) in [6.45, 7) is 3.76. The number of hydrogen-bond donors (Lipinski definition) is 2. The third-order valence-electron chi connectivity index (χ3n) is 8.24. The molecule has 0 saturated carbocycles. The Balaban J connectivity index is 1.48. The molecule has 4 N–H and O–H groups in total. The molecule has 2 aromatic heterocycles. The lowest BCUT2D eigenvalue weighted by molar-refractivity contribution is 0.0612. The van der Waals surface area contributed by atoms with Crippen LogP contribution in [0, 0.1) is 11.7 Å². The first kappa shape index (κ1) is 33.2. The van der Waals surface area contributed by atoms with Gasteiger partial charge in [0.15, 0.2) is 11.5 Å². The largest absolute Gasteiger partial charge is 0.493 e. The molecule has 1 saturated heterocycles. The maximum atomic E-state index is 16.1. The molecule has 0 spiro atoms. The van der Waals surface area contributed by atoms with Gasteiger partial charge in [-0.15, -0.1) is 0 Å². The zero-order valence-electron chi connectivity index (χ0n) is 26.7. The third-order valence-corrected chi connectivity index (χ3v) is 8.24. The van der Waals surface area contributed by atoms with Gasteiger partial charge in [-0.05, 0) is 79.8 Å². The second-order valence-corrected chi connectivity index (χ2v) is 11.4. The molecule has 246 valence electrons. The number of nitrogen functional groups attached to an aromatic ring is 1. The van der Waals surface area contributed by atoms with Crippen LogP contribution in [0.3, 0.4) is 0 Å². The van der Waals surface area contributed by atoms with Gasteiger partial charge in [0.1, 0.15) is 17.3 Å². The van der Waals surface area contributed by atoms with Crippen LogP contribution >= 0.6 is 0 Å². The smallest absolute Gasteiger partial charge is 0.211 e. The molecule has 11 heteroatoms. The van der Waals surface area contributed by atoms with Crippen molar-refractivity contribution in [2.24, 2.45) is 11.7 Å². The zero-order chi connectivity index (χ0) is 33.5. The van der Waals surface area contributed by atoms with Gasteiger partial charge in [0, 0.05) is 66.7 Å². The van der Waals surface area contributed by atoms with Crippen LogP contribution in [0.5, 0.6) is 11.5 Å². The van der Waals surface area contributed by atoms with Crippen LogP contribution in [-0.4, -0.2) is 37.0 Å². The normalized spacial score (nSPS) is 14.0. The van der Waals surface area contributed by atoms with Crippen LogP contribution in [0.2, 0.25) is 0 Å². The zero-order valence-corrected chi connectivity index (χ0v) is 26.7. The van der Waals surface area contributed by atoms with Crippen molar-refractivity contribution in [2.45, 2.75) is 32.7 Å². The molecule has 2 aromatic carbocycles. The summed E-state index contributed by atoms with van der Waals surface area (Å²) in [5, 5.41) is 0.232. The maximum absolute atomic E-state index is 16.1. The Hall–Kier alpha value is -5.16. The second kappa shape index (κ2) is 15.0. The minimum absolute atomic E-state index is 0.106. The van der Waals surface area contributed by atoms with Crippen molar-refractivity contribution in [3.05, 3.63) is 107 Å². The van der Waals surface area contributed by atoms with E-state index in [0.717, 1.165) is 30.0 Å². The Labute approximate surface area is 272 Å². The molecule has 1 aliphatic rings. The van der Waals surface area contributed by atoms with Crippen molar-refractivity contribution in [2.75, 3.05) is 38.3 Å². The number of rotatable bonds is 11. The molecule has 1 aliphatic heterocycles. The van der Waals surface area contributed by atoms with Gasteiger partial charge in [0.05, 0.1) is 19.9 Å². The first-order valence-electron chi connectivity index (χ1n) is 15.3. The van der Waals surface area contributed by atoms with Crippen molar-refractivity contribution < 1.29 is 23.1 Å². The van der Waals surface area contributed by atoms with Crippen LogP contribution < -0.4 is 31.5 Å². The van der Waals surface area contributed by atoms with Crippen LogP contribution in [-0.2, 0) is 17.7 Å². The highest BCUT2D eigenvalue weighted by Gasteiger charge is 2.21. The number of allylic oxidation sites excluding steroid dienone is 3. The topological polar surface area (TPSA) is 118 Å². The van der Waals surface area contributed by atoms with E-state index in [1.54, 1.807) is 43.8 Å². The van der Waals surface area contributed by atoms with Gasteiger partial charge in [-0.25, -0.2) is 9.37 Å². The first-order chi connectivity index (χ1) is 22.7. The van der Waals surface area contributed by atoms with E-state index < -0.39 is 11.2 Å². The van der Waals surface area contributed by atoms with Gasteiger partial charge in [-0.3, -0.25) is 4.79 Å². The molecule has 0 unspecified atom stereocenters. The van der Waals surface area contributed by atoms with Gasteiger partial charge < -0.3 is 30.2 Å². The van der Waals surface area contributed by atoms with Crippen LogP contribution in [0.25, 0.3) is 22.3 Å². The summed E-state index contributed by atoms with van der Waals surface area (Å²) in [5.74, 6) is 0.789. The predicted octanol–water partition coefficient (Wildman–Crippen LogP) is 6.73. The molecule has 9 nitrogen and oxygen atoms in total. The van der Waals surface area contributed by atoms with E-state index in [4.69, 9.17) is 25.7 Å². The number of anilines is 3. The van der Waals surface area contributed by atoms with Gasteiger partial charge in [0.2, 0.25) is 5.43 Å². The molecule has 0 atom stereocenters. The van der Waals surface area contributed by atoms with Crippen LogP contribution in [0.4, 0.5) is 26.1 Å². The molecule has 0 aliphatic carbocycles. The summed E-state index contributed by atoms with van der Waals surface area (Å²) in [5.41, 5.74) is 14.0. The molecule has 0 amide bonds. The van der Waals surface area contributed by atoms with Crippen molar-refractivity contribution >= 4 is 17.2 Å². The Morgan fingerprint density at radius 2 is 1.83 bits per heavy atom. The minimum Gasteiger partial charge on any atom is -0.493 e. The van der Waals surface area contributed by atoms with Crippen molar-refractivity contribution in [3.63, 3.8) is 0 Å². The average Bonchev–Trinajstić information content (AvgIpc) is 3.09. The van der Waals surface area contributed by atoms with Crippen LogP contribution in [0.1, 0.15) is 25.3 Å². The number of halogens is 2. The summed E-state index contributed by atoms with van der Waals surface area (Å²) in [4.78, 5) is 17.8. The predicted molar refractivity (Wildman–Crippen MR) is 181 cm³/mol. The number of benzene rings is 2. The van der Waals surface area contributed by atoms with Crippen molar-refractivity contribution in [1.29, 1.82) is 0 Å². The second-order valence-electron chi connectivity index (χ2n) is 11.4. The number of pyridine rings is 2. The fourth-order valence-corrected chi connectivity index (χ4v) is 5.57. The van der Waals surface area contributed by atoms with E-state index in [-0.39, 0.29) is 34.3 Å². The Kier molecular flexibility index (Phi) is 10.6. The Bertz CT molecular complexity index is 1850. The van der Waals surface area contributed by atoms with Crippen molar-refractivity contribution in [1.82, 2.24) is 9.55 Å². The molecule has 4 aromatic rings. The standard InChI is InChI=1S/C36H39F2N5O4/c1-23(18-39)5-4-6-26-21-42(20-24-11-13-47-14-12-24)22-32(35(26)44)43(38)28-8-9-29(31(37)17-28)30-15-27(19-41-36(30)40)25-7-10-33(45-2)34(16-25)46-3/h4-5,7-10,15-19,21-22,24H,6,11-14,20,39H2,1-3H3,(H2,40,41)/b5-4-,23-18-. The van der Waals surface area contributed by atoms with Gasteiger partial charge >= 0.3 is 0 Å². The molecule has 1 fully saturated rings. The summed E-state index contributed by atoms with van der Waals surface area (Å²) in [7, 11) is 3.09. The number of nitrogens with two attached hydrogens (primary N) is 2. The molecule has 0 radical (unpaired) electrons. The lowest BCUT2D eigenvalue weighted by Gasteiger charge is -2.24. The molecular formula is C36H39F2N5O4. The fraction of sp³-hybridized carbons (Fsp3) is 0.278. The van der Waals surface area contributed by atoms with E-state index in [2.05, 4.69) is 4.98 Å². The number of ether oxygens (including phenoxy) is 3. The Morgan fingerprint density at radius 1 is 1.06 bits per heavy atom. The molecular weight excluding hydrogens is 604 g/mol. The molecule has 5 rings (SSSR count). The monoisotopic (exact) mass is 643 g/mol. The fourth-order valence-electron chi connectivity index (χ4n) is 5.57. The van der Waals surface area contributed by atoms with Crippen molar-refractivity contribution in [3.8, 4) is 33.8 Å². The minimum atomic E-state index is -0.728. The van der Waals surface area contributed by atoms with Gasteiger partial charge in [0.25, 0.3) is 0 Å². The molecule has 3 heterocycles. The van der Waals surface area contributed by atoms with E-state index in [1.807, 2.05) is 23.6 Å². The molecule has 0 bridgehead atoms. The van der Waals surface area contributed by atoms with Gasteiger partial charge in [-0.1, -0.05) is 22.7 Å². The number of hydrogen-bond acceptors (Lipinski definition) is 8. The van der Waals surface area contributed by atoms with E-state index in [1.165, 1.54) is 31.6 Å². The van der Waals surface area contributed by atoms with E-state index in [0.29, 0.717) is 53.9 Å². The van der Waals surface area contributed by atoms with E-state index >= 15 is 8.87 Å². The number of aromatic nitrogens is 2. The summed E-state index contributed by atoms with van der Waals surface area (Å²) in [6, 6.07) is 11.0. The highest BCUT2D eigenvalue weighted by atomic mass is 19.2. The summed E-state index contributed by atoms with van der Waals surface area (Å²) < 4.78 is 49.9. The van der Waals surface area contributed by atoms with E-state index in [9.17, 15) is 4.79 Å². The number of methoxy groups -OCH3 is 2. The third kappa shape index (κ3) is 7.63. The Morgan fingerprint density at radius 3 is 2.53 bits per heavy atom. The maximum Gasteiger partial charge on any atom is 0.211 e. The SMILES string of the molecule is COc1ccc(-c2cnc(N)c(-c3ccc(N(F)c4cn(CC5CCOCC5)cc(C/C=C\C(C)=C/N)c4=O)cc3F)c2)cc1OC. The quantitative estimate of drug-likeness (QED) is 0.137. The summed E-state index contributed by atoms with van der Waals surface area (Å²) in [6.07, 6.45) is 11.9. The lowest BCUT2D eigenvalue weighted by atomic mass is 10.00.